The van der Waals surface area contributed by atoms with Gasteiger partial charge in [-0.15, -0.1) is 21.5 Å². The molecule has 1 atom stereocenters. The Morgan fingerprint density at radius 2 is 2.07 bits per heavy atom. The fourth-order valence-corrected chi connectivity index (χ4v) is 4.57. The standard InChI is InChI=1S/C19H21N3O3S2/c1-5-15-21-22-19(27-15)16-17(23)14(26-18(16)20)9-11-6-7-12(25-10(2)3)13(8-11)24-4/h6-10,16,20H,5H2,1-4H3/b14-9-,20-18?/t16-/m1/s1. The van der Waals surface area contributed by atoms with Crippen LogP contribution in [0.3, 0.4) is 0 Å². The molecule has 1 aliphatic heterocycles. The lowest BCUT2D eigenvalue weighted by Crippen LogP contribution is -2.11. The summed E-state index contributed by atoms with van der Waals surface area (Å²) in [6.07, 6.45) is 2.59. The zero-order valence-electron chi connectivity index (χ0n) is 15.6. The molecule has 0 bridgehead atoms. The molecule has 0 radical (unpaired) electrons. The predicted molar refractivity (Wildman–Crippen MR) is 109 cm³/mol. The van der Waals surface area contributed by atoms with Crippen LogP contribution in [0.4, 0.5) is 0 Å². The number of thioether (sulfide) groups is 1. The highest BCUT2D eigenvalue weighted by Crippen LogP contribution is 2.42. The molecule has 27 heavy (non-hydrogen) atoms. The van der Waals surface area contributed by atoms with E-state index in [-0.39, 0.29) is 16.9 Å². The Kier molecular flexibility index (Phi) is 5.96. The minimum Gasteiger partial charge on any atom is -0.493 e. The molecule has 0 saturated carbocycles. The third kappa shape index (κ3) is 4.22. The zero-order valence-corrected chi connectivity index (χ0v) is 17.2. The number of nitrogens with zero attached hydrogens (tertiary/aromatic N) is 2. The molecule has 1 fully saturated rings. The summed E-state index contributed by atoms with van der Waals surface area (Å²) in [6.45, 7) is 5.89. The number of benzene rings is 1. The molecule has 3 rings (SSSR count). The fraction of sp³-hybridized carbons (Fsp3) is 0.368. The van der Waals surface area contributed by atoms with E-state index in [1.807, 2.05) is 39.0 Å². The van der Waals surface area contributed by atoms with Crippen LogP contribution in [0, 0.1) is 5.41 Å². The number of aryl methyl sites for hydroxylation is 1. The molecule has 6 nitrogen and oxygen atoms in total. The Morgan fingerprint density at radius 1 is 1.30 bits per heavy atom. The second-order valence-electron chi connectivity index (χ2n) is 6.24. The lowest BCUT2D eigenvalue weighted by molar-refractivity contribution is -0.114. The Bertz CT molecular complexity index is 905. The van der Waals surface area contributed by atoms with Crippen LogP contribution >= 0.6 is 23.1 Å². The van der Waals surface area contributed by atoms with Gasteiger partial charge in [-0.2, -0.15) is 0 Å². The van der Waals surface area contributed by atoms with Crippen LogP contribution in [0.1, 0.15) is 42.3 Å². The van der Waals surface area contributed by atoms with Crippen LogP contribution in [0.25, 0.3) is 6.08 Å². The SMILES string of the molecule is CCc1nnc([C@H]2C(=N)S/C(=C\c3ccc(OC(C)C)c(OC)c3)C2=O)s1. The van der Waals surface area contributed by atoms with Crippen molar-refractivity contribution in [3.05, 3.63) is 38.7 Å². The average molecular weight is 404 g/mol. The maximum Gasteiger partial charge on any atom is 0.186 e. The largest absolute Gasteiger partial charge is 0.493 e. The third-order valence-electron chi connectivity index (χ3n) is 3.87. The molecule has 142 valence electrons. The number of hydrogen-bond donors (Lipinski definition) is 1. The Hall–Kier alpha value is -2.19. The van der Waals surface area contributed by atoms with Gasteiger partial charge in [-0.05, 0) is 44.0 Å². The molecule has 2 heterocycles. The molecular formula is C19H21N3O3S2. The molecule has 1 saturated heterocycles. The third-order valence-corrected chi connectivity index (χ3v) is 5.99. The topological polar surface area (TPSA) is 85.2 Å². The number of aromatic nitrogens is 2. The van der Waals surface area contributed by atoms with E-state index in [2.05, 4.69) is 10.2 Å². The number of nitrogens with one attached hydrogen (secondary N) is 1. The van der Waals surface area contributed by atoms with Crippen LogP contribution in [0.5, 0.6) is 11.5 Å². The van der Waals surface area contributed by atoms with Gasteiger partial charge in [0.1, 0.15) is 15.9 Å². The highest BCUT2D eigenvalue weighted by molar-refractivity contribution is 8.19. The lowest BCUT2D eigenvalue weighted by atomic mass is 10.1. The molecule has 0 amide bonds. The summed E-state index contributed by atoms with van der Waals surface area (Å²) in [7, 11) is 1.58. The maximum atomic E-state index is 12.8. The highest BCUT2D eigenvalue weighted by Gasteiger charge is 2.39. The second kappa shape index (κ2) is 8.22. The van der Waals surface area contributed by atoms with Gasteiger partial charge in [-0.1, -0.05) is 24.8 Å². The number of allylic oxidation sites excluding steroid dienone is 1. The number of Topliss-reactive ketones (excluding diaryl/α,β-unsaturated/α-hetero) is 1. The van der Waals surface area contributed by atoms with Crippen LogP contribution < -0.4 is 9.47 Å². The van der Waals surface area contributed by atoms with Crippen LogP contribution in [-0.2, 0) is 11.2 Å². The first-order valence-corrected chi connectivity index (χ1v) is 10.2. The molecule has 0 aliphatic carbocycles. The summed E-state index contributed by atoms with van der Waals surface area (Å²) < 4.78 is 11.1. The molecule has 0 unspecified atom stereocenters. The van der Waals surface area contributed by atoms with Gasteiger partial charge in [0.2, 0.25) is 0 Å². The number of methoxy groups -OCH3 is 1. The van der Waals surface area contributed by atoms with E-state index in [9.17, 15) is 4.79 Å². The molecule has 8 heteroatoms. The van der Waals surface area contributed by atoms with E-state index in [0.29, 0.717) is 21.4 Å². The first-order valence-electron chi connectivity index (χ1n) is 8.62. The Morgan fingerprint density at radius 3 is 2.70 bits per heavy atom. The van der Waals surface area contributed by atoms with E-state index < -0.39 is 5.92 Å². The van der Waals surface area contributed by atoms with Gasteiger partial charge in [-0.25, -0.2) is 0 Å². The van der Waals surface area contributed by atoms with Gasteiger partial charge < -0.3 is 9.47 Å². The summed E-state index contributed by atoms with van der Waals surface area (Å²) >= 11 is 2.58. The van der Waals surface area contributed by atoms with E-state index in [1.54, 1.807) is 13.2 Å². The van der Waals surface area contributed by atoms with Crippen LogP contribution in [-0.4, -0.2) is 34.2 Å². The first-order chi connectivity index (χ1) is 12.9. The second-order valence-corrected chi connectivity index (χ2v) is 8.41. The van der Waals surface area contributed by atoms with E-state index >= 15 is 0 Å². The lowest BCUT2D eigenvalue weighted by Gasteiger charge is -2.13. The molecule has 1 aromatic carbocycles. The van der Waals surface area contributed by atoms with Crippen LogP contribution in [0.15, 0.2) is 23.1 Å². The number of hydrogen-bond acceptors (Lipinski definition) is 8. The van der Waals surface area contributed by atoms with Crippen molar-refractivity contribution in [2.45, 2.75) is 39.2 Å². The first kappa shape index (κ1) is 19.6. The minimum atomic E-state index is -0.635. The summed E-state index contributed by atoms with van der Waals surface area (Å²) in [5.74, 6) is 0.526. The monoisotopic (exact) mass is 403 g/mol. The number of ether oxygens (including phenoxy) is 2. The number of ketones is 1. The summed E-state index contributed by atoms with van der Waals surface area (Å²) in [5.41, 5.74) is 0.818. The molecule has 1 N–H and O–H groups in total. The van der Waals surface area contributed by atoms with Gasteiger partial charge in [0, 0.05) is 0 Å². The van der Waals surface area contributed by atoms with E-state index in [0.717, 1.165) is 17.0 Å². The van der Waals surface area contributed by atoms with Gasteiger partial charge in [0.05, 0.1) is 23.2 Å². The van der Waals surface area contributed by atoms with Gasteiger partial charge in [-0.3, -0.25) is 10.2 Å². The Labute approximate surface area is 166 Å². The van der Waals surface area contributed by atoms with Gasteiger partial charge >= 0.3 is 0 Å². The molecule has 1 aliphatic rings. The van der Waals surface area contributed by atoms with Crippen molar-refractivity contribution in [1.82, 2.24) is 10.2 Å². The van der Waals surface area contributed by atoms with E-state index in [1.165, 1.54) is 23.1 Å². The zero-order chi connectivity index (χ0) is 19.6. The van der Waals surface area contributed by atoms with Crippen molar-refractivity contribution < 1.29 is 14.3 Å². The molecular weight excluding hydrogens is 382 g/mol. The summed E-state index contributed by atoms with van der Waals surface area (Å²) in [5, 5.41) is 18.2. The molecule has 0 spiro atoms. The quantitative estimate of drug-likeness (QED) is 0.723. The number of rotatable bonds is 6. The average Bonchev–Trinajstić information content (AvgIpc) is 3.20. The van der Waals surface area contributed by atoms with Crippen molar-refractivity contribution in [3.63, 3.8) is 0 Å². The summed E-state index contributed by atoms with van der Waals surface area (Å²) in [6, 6.07) is 5.53. The van der Waals surface area contributed by atoms with Crippen molar-refractivity contribution in [2.24, 2.45) is 0 Å². The van der Waals surface area contributed by atoms with Crippen LogP contribution in [0.2, 0.25) is 0 Å². The van der Waals surface area contributed by atoms with Crippen molar-refractivity contribution in [3.8, 4) is 11.5 Å². The molecule has 2 aromatic rings. The van der Waals surface area contributed by atoms with Crippen molar-refractivity contribution in [2.75, 3.05) is 7.11 Å². The fourth-order valence-electron chi connectivity index (χ4n) is 2.62. The van der Waals surface area contributed by atoms with Gasteiger partial charge in [0.25, 0.3) is 0 Å². The number of carbonyl (C=O) groups excluding carboxylic acids is 1. The smallest absolute Gasteiger partial charge is 0.186 e. The predicted octanol–water partition coefficient (Wildman–Crippen LogP) is 4.31. The minimum absolute atomic E-state index is 0.0382. The maximum absolute atomic E-state index is 12.8. The molecule has 1 aromatic heterocycles. The Balaban J connectivity index is 1.87. The normalized spacial score (nSPS) is 18.6. The van der Waals surface area contributed by atoms with Crippen molar-refractivity contribution in [1.29, 1.82) is 5.41 Å². The van der Waals surface area contributed by atoms with E-state index in [4.69, 9.17) is 14.9 Å². The summed E-state index contributed by atoms with van der Waals surface area (Å²) in [4.78, 5) is 13.4. The number of carbonyl (C=O) groups is 1. The highest BCUT2D eigenvalue weighted by atomic mass is 32.2. The van der Waals surface area contributed by atoms with Crippen molar-refractivity contribution >= 4 is 40.0 Å². The van der Waals surface area contributed by atoms with Gasteiger partial charge in [0.15, 0.2) is 17.3 Å².